The molecule has 0 radical (unpaired) electrons. The number of benzene rings is 2. The summed E-state index contributed by atoms with van der Waals surface area (Å²) in [7, 11) is 1.99. The smallest absolute Gasteiger partial charge is 0.375 e. The topological polar surface area (TPSA) is 75.4 Å². The largest absolute Gasteiger partial charge is 0.416 e. The number of piperidine rings is 1. The van der Waals surface area contributed by atoms with Gasteiger partial charge in [-0.15, -0.1) is 0 Å². The molecule has 6 nitrogen and oxygen atoms in total. The number of nitrogens with zero attached hydrogens (tertiary/aromatic N) is 4. The van der Waals surface area contributed by atoms with E-state index in [1.807, 2.05) is 42.3 Å². The van der Waals surface area contributed by atoms with Gasteiger partial charge in [-0.3, -0.25) is 4.79 Å². The predicted molar refractivity (Wildman–Crippen MR) is 134 cm³/mol. The standard InChI is InChI=1S/C27H30F3N5O/c1-34(21-11-3-2-4-12-21)15-8-14-24(36)35-16-6-5-13-23(35)25-22(18-32-26(31)33-25)19-9-7-10-20(17-19)27(28,29)30/h2-4,7,9-12,17-18,23H,5-6,8,13-16H2,1H3,(H2,31,32,33). The lowest BCUT2D eigenvalue weighted by atomic mass is 9.93. The summed E-state index contributed by atoms with van der Waals surface area (Å²) < 4.78 is 40.0. The molecule has 2 heterocycles. The van der Waals surface area contributed by atoms with Crippen molar-refractivity contribution in [1.82, 2.24) is 14.9 Å². The fraction of sp³-hybridized carbons (Fsp3) is 0.370. The summed E-state index contributed by atoms with van der Waals surface area (Å²) in [6.45, 7) is 1.30. The molecule has 1 amide bonds. The van der Waals surface area contributed by atoms with E-state index in [0.717, 1.165) is 37.2 Å². The van der Waals surface area contributed by atoms with E-state index in [9.17, 15) is 18.0 Å². The van der Waals surface area contributed by atoms with Crippen LogP contribution in [0.15, 0.2) is 60.8 Å². The zero-order valence-electron chi connectivity index (χ0n) is 20.2. The van der Waals surface area contributed by atoms with E-state index < -0.39 is 11.7 Å². The number of carbonyl (C=O) groups is 1. The van der Waals surface area contributed by atoms with Gasteiger partial charge in [-0.25, -0.2) is 9.97 Å². The minimum Gasteiger partial charge on any atom is -0.375 e. The normalized spacial score (nSPS) is 16.1. The molecule has 1 unspecified atom stereocenters. The molecule has 0 spiro atoms. The quantitative estimate of drug-likeness (QED) is 0.452. The molecule has 1 saturated heterocycles. The molecule has 0 bridgehead atoms. The molecule has 0 saturated carbocycles. The van der Waals surface area contributed by atoms with Crippen molar-refractivity contribution in [1.29, 1.82) is 0 Å². The third kappa shape index (κ3) is 5.95. The summed E-state index contributed by atoms with van der Waals surface area (Å²) in [6.07, 6.45) is 0.456. The van der Waals surface area contributed by atoms with Crippen LogP contribution in [0.1, 0.15) is 49.4 Å². The number of rotatable bonds is 7. The van der Waals surface area contributed by atoms with Gasteiger partial charge in [0.05, 0.1) is 17.3 Å². The number of carbonyl (C=O) groups excluding carboxylic acids is 1. The zero-order valence-corrected chi connectivity index (χ0v) is 20.2. The maximum absolute atomic E-state index is 13.3. The second-order valence-electron chi connectivity index (χ2n) is 9.07. The number of amides is 1. The number of nitrogens with two attached hydrogens (primary N) is 1. The van der Waals surface area contributed by atoms with E-state index in [-0.39, 0.29) is 17.9 Å². The van der Waals surface area contributed by atoms with E-state index >= 15 is 0 Å². The van der Waals surface area contributed by atoms with Crippen molar-refractivity contribution >= 4 is 17.5 Å². The number of alkyl halides is 3. The zero-order chi connectivity index (χ0) is 25.7. The summed E-state index contributed by atoms with van der Waals surface area (Å²) in [5, 5.41) is 0. The number of nitrogen functional groups attached to an aromatic ring is 1. The molecule has 0 aliphatic carbocycles. The molecule has 190 valence electrons. The highest BCUT2D eigenvalue weighted by molar-refractivity contribution is 5.77. The van der Waals surface area contributed by atoms with Crippen LogP contribution in [0.5, 0.6) is 0 Å². The number of likely N-dealkylation sites (tertiary alicyclic amines) is 1. The number of aromatic nitrogens is 2. The first kappa shape index (κ1) is 25.5. The maximum Gasteiger partial charge on any atom is 0.416 e. The molecule has 36 heavy (non-hydrogen) atoms. The van der Waals surface area contributed by atoms with Crippen molar-refractivity contribution in [3.05, 3.63) is 72.1 Å². The van der Waals surface area contributed by atoms with Crippen molar-refractivity contribution in [2.24, 2.45) is 0 Å². The van der Waals surface area contributed by atoms with E-state index in [2.05, 4.69) is 14.9 Å². The van der Waals surface area contributed by atoms with Gasteiger partial charge in [-0.05, 0) is 55.5 Å². The van der Waals surface area contributed by atoms with Crippen molar-refractivity contribution in [3.63, 3.8) is 0 Å². The monoisotopic (exact) mass is 497 g/mol. The van der Waals surface area contributed by atoms with Gasteiger partial charge in [0.2, 0.25) is 11.9 Å². The third-order valence-corrected chi connectivity index (χ3v) is 6.56. The highest BCUT2D eigenvalue weighted by Gasteiger charge is 2.33. The molecule has 9 heteroatoms. The number of halogens is 3. The molecule has 2 aromatic carbocycles. The van der Waals surface area contributed by atoms with Crippen LogP contribution < -0.4 is 10.6 Å². The van der Waals surface area contributed by atoms with Crippen molar-refractivity contribution in [2.45, 2.75) is 44.3 Å². The molecule has 3 aromatic rings. The highest BCUT2D eigenvalue weighted by atomic mass is 19.4. The third-order valence-electron chi connectivity index (χ3n) is 6.56. The maximum atomic E-state index is 13.3. The van der Waals surface area contributed by atoms with Crippen molar-refractivity contribution in [3.8, 4) is 11.1 Å². The number of para-hydroxylation sites is 1. The Morgan fingerprint density at radius 3 is 2.67 bits per heavy atom. The molecule has 1 aliphatic heterocycles. The lowest BCUT2D eigenvalue weighted by Crippen LogP contribution is -2.39. The van der Waals surface area contributed by atoms with E-state index in [4.69, 9.17) is 5.73 Å². The lowest BCUT2D eigenvalue weighted by molar-refractivity contribution is -0.137. The van der Waals surface area contributed by atoms with Crippen LogP contribution in [0.25, 0.3) is 11.1 Å². The van der Waals surface area contributed by atoms with E-state index in [0.29, 0.717) is 42.6 Å². The van der Waals surface area contributed by atoms with E-state index in [1.165, 1.54) is 12.3 Å². The second-order valence-corrected chi connectivity index (χ2v) is 9.07. The fourth-order valence-corrected chi connectivity index (χ4v) is 4.69. The van der Waals surface area contributed by atoms with Gasteiger partial charge in [-0.2, -0.15) is 13.2 Å². The van der Waals surface area contributed by atoms with Crippen LogP contribution in [0, 0.1) is 0 Å². The molecule has 2 N–H and O–H groups in total. The highest BCUT2D eigenvalue weighted by Crippen LogP contribution is 2.38. The number of hydrogen-bond donors (Lipinski definition) is 1. The Balaban J connectivity index is 1.54. The Bertz CT molecular complexity index is 1190. The summed E-state index contributed by atoms with van der Waals surface area (Å²) in [4.78, 5) is 25.7. The average Bonchev–Trinajstić information content (AvgIpc) is 2.88. The summed E-state index contributed by atoms with van der Waals surface area (Å²) in [5.41, 5.74) is 7.54. The molecule has 1 aromatic heterocycles. The van der Waals surface area contributed by atoms with Crippen LogP contribution in [0.3, 0.4) is 0 Å². The average molecular weight is 498 g/mol. The Kier molecular flexibility index (Phi) is 7.76. The minimum absolute atomic E-state index is 0.00772. The van der Waals surface area contributed by atoms with Crippen LogP contribution >= 0.6 is 0 Å². The SMILES string of the molecule is CN(CCCC(=O)N1CCCCC1c1nc(N)ncc1-c1cccc(C(F)(F)F)c1)c1ccccc1. The Hall–Kier alpha value is -3.62. The minimum atomic E-state index is -4.47. The van der Waals surface area contributed by atoms with Gasteiger partial charge in [0.25, 0.3) is 0 Å². The molecular formula is C27H30F3N5O. The summed E-state index contributed by atoms with van der Waals surface area (Å²) in [5.74, 6) is 0.0384. The van der Waals surface area contributed by atoms with Gasteiger partial charge >= 0.3 is 6.18 Å². The second kappa shape index (κ2) is 11.0. The van der Waals surface area contributed by atoms with Gasteiger partial charge in [0, 0.05) is 44.0 Å². The first-order chi connectivity index (χ1) is 17.2. The van der Waals surface area contributed by atoms with Gasteiger partial charge in [-0.1, -0.05) is 30.3 Å². The Morgan fingerprint density at radius 1 is 1.14 bits per heavy atom. The van der Waals surface area contributed by atoms with Gasteiger partial charge < -0.3 is 15.5 Å². The molecular weight excluding hydrogens is 467 g/mol. The van der Waals surface area contributed by atoms with Crippen molar-refractivity contribution in [2.75, 3.05) is 30.8 Å². The first-order valence-electron chi connectivity index (χ1n) is 12.1. The van der Waals surface area contributed by atoms with Crippen molar-refractivity contribution < 1.29 is 18.0 Å². The number of anilines is 2. The predicted octanol–water partition coefficient (Wildman–Crippen LogP) is 5.71. The van der Waals surface area contributed by atoms with Crippen LogP contribution in [0.2, 0.25) is 0 Å². The number of hydrogen-bond acceptors (Lipinski definition) is 5. The lowest BCUT2D eigenvalue weighted by Gasteiger charge is -2.36. The van der Waals surface area contributed by atoms with Crippen LogP contribution in [0.4, 0.5) is 24.8 Å². The summed E-state index contributed by atoms with van der Waals surface area (Å²) in [6, 6.07) is 14.7. The van der Waals surface area contributed by atoms with Crippen LogP contribution in [-0.4, -0.2) is 40.9 Å². The van der Waals surface area contributed by atoms with E-state index in [1.54, 1.807) is 6.07 Å². The molecule has 1 atom stereocenters. The van der Waals surface area contributed by atoms with Crippen LogP contribution in [-0.2, 0) is 11.0 Å². The molecule has 1 fully saturated rings. The van der Waals surface area contributed by atoms with Gasteiger partial charge in [0.1, 0.15) is 0 Å². The Morgan fingerprint density at radius 2 is 1.92 bits per heavy atom. The Labute approximate surface area is 209 Å². The first-order valence-corrected chi connectivity index (χ1v) is 12.1. The molecule has 4 rings (SSSR count). The fourth-order valence-electron chi connectivity index (χ4n) is 4.69. The molecule has 1 aliphatic rings. The summed E-state index contributed by atoms with van der Waals surface area (Å²) >= 11 is 0. The van der Waals surface area contributed by atoms with Gasteiger partial charge in [0.15, 0.2) is 0 Å².